The molecule has 1 aliphatic heterocycles. The van der Waals surface area contributed by atoms with Crippen molar-refractivity contribution in [3.63, 3.8) is 0 Å². The number of benzene rings is 1. The molecule has 0 aliphatic carbocycles. The SMILES string of the molecule is CCCNC(CCC1CCCO1)c1ccc(SC)cc1. The molecule has 2 atom stereocenters. The lowest BCUT2D eigenvalue weighted by Gasteiger charge is -2.21. The Kier molecular flexibility index (Phi) is 6.91. The summed E-state index contributed by atoms with van der Waals surface area (Å²) in [5.74, 6) is 0. The van der Waals surface area contributed by atoms with Gasteiger partial charge in [-0.2, -0.15) is 0 Å². The maximum atomic E-state index is 5.75. The second-order valence-corrected chi connectivity index (χ2v) is 6.37. The molecule has 0 spiro atoms. The van der Waals surface area contributed by atoms with Crippen LogP contribution < -0.4 is 5.32 Å². The zero-order valence-electron chi connectivity index (χ0n) is 12.7. The second kappa shape index (κ2) is 8.71. The van der Waals surface area contributed by atoms with Gasteiger partial charge in [-0.15, -0.1) is 11.8 Å². The molecule has 3 heteroatoms. The summed E-state index contributed by atoms with van der Waals surface area (Å²) < 4.78 is 5.75. The predicted molar refractivity (Wildman–Crippen MR) is 87.5 cm³/mol. The molecular weight excluding hydrogens is 266 g/mol. The molecular formula is C17H27NOS. The Morgan fingerprint density at radius 1 is 1.35 bits per heavy atom. The highest BCUT2D eigenvalue weighted by atomic mass is 32.2. The molecule has 0 radical (unpaired) electrons. The maximum absolute atomic E-state index is 5.75. The summed E-state index contributed by atoms with van der Waals surface area (Å²) in [4.78, 5) is 1.34. The van der Waals surface area contributed by atoms with Gasteiger partial charge in [0.05, 0.1) is 6.10 Å². The van der Waals surface area contributed by atoms with Gasteiger partial charge < -0.3 is 10.1 Å². The minimum absolute atomic E-state index is 0.468. The van der Waals surface area contributed by atoms with E-state index >= 15 is 0 Å². The fourth-order valence-corrected chi connectivity index (χ4v) is 3.17. The summed E-state index contributed by atoms with van der Waals surface area (Å²) in [6, 6.07) is 9.47. The van der Waals surface area contributed by atoms with Crippen LogP contribution in [0.1, 0.15) is 50.6 Å². The van der Waals surface area contributed by atoms with Crippen LogP contribution in [0.5, 0.6) is 0 Å². The molecule has 2 nitrogen and oxygen atoms in total. The molecule has 1 fully saturated rings. The Morgan fingerprint density at radius 2 is 2.15 bits per heavy atom. The zero-order chi connectivity index (χ0) is 14.2. The molecule has 0 amide bonds. The van der Waals surface area contributed by atoms with E-state index in [9.17, 15) is 0 Å². The molecule has 1 saturated heterocycles. The lowest BCUT2D eigenvalue weighted by molar-refractivity contribution is 0.0996. The second-order valence-electron chi connectivity index (χ2n) is 5.49. The zero-order valence-corrected chi connectivity index (χ0v) is 13.5. The van der Waals surface area contributed by atoms with Crippen molar-refractivity contribution in [3.8, 4) is 0 Å². The van der Waals surface area contributed by atoms with Crippen LogP contribution in [0.2, 0.25) is 0 Å². The van der Waals surface area contributed by atoms with Crippen molar-refractivity contribution >= 4 is 11.8 Å². The molecule has 1 aromatic carbocycles. The van der Waals surface area contributed by atoms with E-state index in [2.05, 4.69) is 42.8 Å². The van der Waals surface area contributed by atoms with Gasteiger partial charge in [0.1, 0.15) is 0 Å². The monoisotopic (exact) mass is 293 g/mol. The molecule has 1 aliphatic rings. The lowest BCUT2D eigenvalue weighted by Crippen LogP contribution is -2.23. The summed E-state index contributed by atoms with van der Waals surface area (Å²) in [6.45, 7) is 4.27. The van der Waals surface area contributed by atoms with Crippen molar-refractivity contribution in [2.24, 2.45) is 0 Å². The highest BCUT2D eigenvalue weighted by Gasteiger charge is 2.18. The van der Waals surface area contributed by atoms with Crippen LogP contribution in [0.3, 0.4) is 0 Å². The third-order valence-electron chi connectivity index (χ3n) is 3.96. The Balaban J connectivity index is 1.93. The quantitative estimate of drug-likeness (QED) is 0.717. The first-order valence-corrected chi connectivity index (χ1v) is 9.05. The van der Waals surface area contributed by atoms with Crippen molar-refractivity contribution in [3.05, 3.63) is 29.8 Å². The molecule has 0 aromatic heterocycles. The fraction of sp³-hybridized carbons (Fsp3) is 0.647. The number of nitrogens with one attached hydrogen (secondary N) is 1. The first-order chi connectivity index (χ1) is 9.83. The number of hydrogen-bond acceptors (Lipinski definition) is 3. The van der Waals surface area contributed by atoms with Gasteiger partial charge in [-0.25, -0.2) is 0 Å². The standard InChI is InChI=1S/C17H27NOS/c1-3-12-18-17(11-8-15-5-4-13-19-15)14-6-9-16(20-2)10-7-14/h6-7,9-10,15,17-18H,3-5,8,11-13H2,1-2H3. The highest BCUT2D eigenvalue weighted by Crippen LogP contribution is 2.25. The number of rotatable bonds is 8. The molecule has 0 bridgehead atoms. The maximum Gasteiger partial charge on any atom is 0.0576 e. The van der Waals surface area contributed by atoms with Crippen molar-refractivity contribution in [1.82, 2.24) is 5.32 Å². The summed E-state index contributed by atoms with van der Waals surface area (Å²) in [5.41, 5.74) is 1.41. The molecule has 112 valence electrons. The van der Waals surface area contributed by atoms with Crippen LogP contribution in [-0.4, -0.2) is 25.5 Å². The average Bonchev–Trinajstić information content (AvgIpc) is 3.01. The normalized spacial score (nSPS) is 20.2. The van der Waals surface area contributed by atoms with E-state index in [-0.39, 0.29) is 0 Å². The molecule has 1 heterocycles. The summed E-state index contributed by atoms with van der Waals surface area (Å²) in [6.07, 6.45) is 8.62. The molecule has 2 unspecified atom stereocenters. The Bertz CT molecular complexity index is 373. The van der Waals surface area contributed by atoms with Gasteiger partial charge >= 0.3 is 0 Å². The largest absolute Gasteiger partial charge is 0.378 e. The van der Waals surface area contributed by atoms with Crippen molar-refractivity contribution in [1.29, 1.82) is 0 Å². The first kappa shape index (κ1) is 15.9. The molecule has 1 aromatic rings. The number of hydrogen-bond donors (Lipinski definition) is 1. The van der Waals surface area contributed by atoms with Crippen molar-refractivity contribution in [2.45, 2.75) is 56.1 Å². The Hall–Kier alpha value is -0.510. The lowest BCUT2D eigenvalue weighted by atomic mass is 9.99. The third-order valence-corrected chi connectivity index (χ3v) is 4.70. The van der Waals surface area contributed by atoms with E-state index in [4.69, 9.17) is 4.74 Å². The van der Waals surface area contributed by atoms with Gasteiger partial charge in [0.25, 0.3) is 0 Å². The van der Waals surface area contributed by atoms with Crippen LogP contribution in [-0.2, 0) is 4.74 Å². The van der Waals surface area contributed by atoms with E-state index in [0.717, 1.165) is 13.2 Å². The van der Waals surface area contributed by atoms with Gasteiger partial charge in [-0.05, 0) is 62.6 Å². The topological polar surface area (TPSA) is 21.3 Å². The molecule has 0 saturated carbocycles. The van der Waals surface area contributed by atoms with E-state index in [1.165, 1.54) is 42.6 Å². The van der Waals surface area contributed by atoms with Crippen LogP contribution in [0, 0.1) is 0 Å². The van der Waals surface area contributed by atoms with Crippen LogP contribution >= 0.6 is 11.8 Å². The number of ether oxygens (including phenoxy) is 1. The van der Waals surface area contributed by atoms with Crippen LogP contribution in [0.15, 0.2) is 29.2 Å². The van der Waals surface area contributed by atoms with E-state index in [1.54, 1.807) is 11.8 Å². The minimum atomic E-state index is 0.468. The van der Waals surface area contributed by atoms with Gasteiger partial charge in [-0.3, -0.25) is 0 Å². The molecule has 2 rings (SSSR count). The average molecular weight is 293 g/mol. The van der Waals surface area contributed by atoms with Crippen LogP contribution in [0.4, 0.5) is 0 Å². The summed E-state index contributed by atoms with van der Waals surface area (Å²) in [5, 5.41) is 3.68. The fourth-order valence-electron chi connectivity index (χ4n) is 2.77. The Morgan fingerprint density at radius 3 is 2.75 bits per heavy atom. The minimum Gasteiger partial charge on any atom is -0.378 e. The van der Waals surface area contributed by atoms with E-state index < -0.39 is 0 Å². The smallest absolute Gasteiger partial charge is 0.0576 e. The van der Waals surface area contributed by atoms with Gasteiger partial charge in [0.15, 0.2) is 0 Å². The Labute approximate surface area is 127 Å². The molecule has 20 heavy (non-hydrogen) atoms. The first-order valence-electron chi connectivity index (χ1n) is 7.82. The van der Waals surface area contributed by atoms with E-state index in [0.29, 0.717) is 12.1 Å². The van der Waals surface area contributed by atoms with Crippen molar-refractivity contribution < 1.29 is 4.74 Å². The predicted octanol–water partition coefficient (Wildman–Crippen LogP) is 4.41. The summed E-state index contributed by atoms with van der Waals surface area (Å²) in [7, 11) is 0. The van der Waals surface area contributed by atoms with Gasteiger partial charge in [0, 0.05) is 17.5 Å². The number of thioether (sulfide) groups is 1. The van der Waals surface area contributed by atoms with Crippen LogP contribution in [0.25, 0.3) is 0 Å². The van der Waals surface area contributed by atoms with E-state index in [1.807, 2.05) is 0 Å². The summed E-state index contributed by atoms with van der Waals surface area (Å²) >= 11 is 1.80. The van der Waals surface area contributed by atoms with Gasteiger partial charge in [-0.1, -0.05) is 19.1 Å². The van der Waals surface area contributed by atoms with Gasteiger partial charge in [0.2, 0.25) is 0 Å². The molecule has 1 N–H and O–H groups in total. The van der Waals surface area contributed by atoms with Crippen molar-refractivity contribution in [2.75, 3.05) is 19.4 Å². The third kappa shape index (κ3) is 4.80. The highest BCUT2D eigenvalue weighted by molar-refractivity contribution is 7.98.